The summed E-state index contributed by atoms with van der Waals surface area (Å²) in [5, 5.41) is 3.84. The fourth-order valence-electron chi connectivity index (χ4n) is 2.03. The van der Waals surface area contributed by atoms with Crippen molar-refractivity contribution in [3.8, 4) is 5.75 Å². The summed E-state index contributed by atoms with van der Waals surface area (Å²) >= 11 is 0. The zero-order valence-corrected chi connectivity index (χ0v) is 11.0. The molecular weight excluding hydrogens is 261 g/mol. The predicted octanol–water partition coefficient (Wildman–Crippen LogP) is 2.17. The van der Waals surface area contributed by atoms with Crippen LogP contribution >= 0.6 is 0 Å². The molecule has 0 bridgehead atoms. The van der Waals surface area contributed by atoms with Crippen LogP contribution in [0.25, 0.3) is 0 Å². The van der Waals surface area contributed by atoms with E-state index in [0.717, 1.165) is 18.4 Å². The van der Waals surface area contributed by atoms with Crippen molar-refractivity contribution in [1.82, 2.24) is 10.1 Å². The van der Waals surface area contributed by atoms with Crippen LogP contribution in [0.2, 0.25) is 0 Å². The van der Waals surface area contributed by atoms with E-state index < -0.39 is 5.82 Å². The Morgan fingerprint density at radius 2 is 2.25 bits per heavy atom. The van der Waals surface area contributed by atoms with Crippen LogP contribution in [-0.4, -0.2) is 16.7 Å². The molecule has 106 valence electrons. The number of nitrogens with zero attached hydrogens (tertiary/aromatic N) is 2. The minimum absolute atomic E-state index is 0.0920. The molecule has 3 rings (SSSR count). The Morgan fingerprint density at radius 1 is 1.40 bits per heavy atom. The van der Waals surface area contributed by atoms with Gasteiger partial charge in [0.2, 0.25) is 11.7 Å². The fourth-order valence-corrected chi connectivity index (χ4v) is 2.03. The first kappa shape index (κ1) is 13.1. The minimum Gasteiger partial charge on any atom is -0.482 e. The van der Waals surface area contributed by atoms with Gasteiger partial charge in [0, 0.05) is 5.92 Å². The number of halogens is 1. The van der Waals surface area contributed by atoms with Crippen molar-refractivity contribution in [3.05, 3.63) is 41.3 Å². The average molecular weight is 277 g/mol. The molecule has 0 amide bonds. The second kappa shape index (κ2) is 5.58. The highest BCUT2D eigenvalue weighted by atomic mass is 19.1. The average Bonchev–Trinajstić information content (AvgIpc) is 3.18. The van der Waals surface area contributed by atoms with Crippen molar-refractivity contribution in [2.45, 2.75) is 31.8 Å². The molecule has 2 N–H and O–H groups in total. The lowest BCUT2D eigenvalue weighted by Crippen LogP contribution is -2.07. The number of benzene rings is 1. The molecule has 6 heteroatoms. The van der Waals surface area contributed by atoms with Gasteiger partial charge in [0.1, 0.15) is 0 Å². The van der Waals surface area contributed by atoms with Gasteiger partial charge in [-0.05, 0) is 37.4 Å². The number of ether oxygens (including phenoxy) is 1. The zero-order valence-electron chi connectivity index (χ0n) is 11.0. The first-order valence-electron chi connectivity index (χ1n) is 6.70. The third-order valence-electron chi connectivity index (χ3n) is 3.22. The van der Waals surface area contributed by atoms with Gasteiger partial charge < -0.3 is 15.0 Å². The summed E-state index contributed by atoms with van der Waals surface area (Å²) in [4.78, 5) is 4.24. The van der Waals surface area contributed by atoms with Gasteiger partial charge in [0.15, 0.2) is 18.2 Å². The van der Waals surface area contributed by atoms with Crippen LogP contribution in [0.5, 0.6) is 5.75 Å². The molecule has 0 aliphatic heterocycles. The van der Waals surface area contributed by atoms with Crippen LogP contribution in [0.15, 0.2) is 22.7 Å². The van der Waals surface area contributed by atoms with Crippen molar-refractivity contribution < 1.29 is 13.7 Å². The van der Waals surface area contributed by atoms with Gasteiger partial charge in [0.25, 0.3) is 0 Å². The van der Waals surface area contributed by atoms with E-state index in [9.17, 15) is 4.39 Å². The smallest absolute Gasteiger partial charge is 0.229 e. The minimum atomic E-state index is -0.401. The number of aromatic nitrogens is 2. The number of rotatable bonds is 6. The van der Waals surface area contributed by atoms with Crippen LogP contribution in [0, 0.1) is 5.82 Å². The highest BCUT2D eigenvalue weighted by molar-refractivity contribution is 5.35. The van der Waals surface area contributed by atoms with E-state index in [-0.39, 0.29) is 12.4 Å². The normalized spacial score (nSPS) is 14.5. The van der Waals surface area contributed by atoms with Gasteiger partial charge >= 0.3 is 0 Å². The summed E-state index contributed by atoms with van der Waals surface area (Å²) in [5.41, 5.74) is 6.26. The van der Waals surface area contributed by atoms with Crippen molar-refractivity contribution in [1.29, 1.82) is 0 Å². The lowest BCUT2D eigenvalue weighted by atomic mass is 10.1. The Hall–Kier alpha value is -1.95. The van der Waals surface area contributed by atoms with E-state index in [0.29, 0.717) is 30.6 Å². The van der Waals surface area contributed by atoms with Crippen LogP contribution in [-0.2, 0) is 13.0 Å². The standard InChI is InChI=1S/C14H16FN3O2/c15-11-3-1-2-9(6-7-16)13(11)19-8-12-17-14(20-18-12)10-4-5-10/h1-3,10H,4-8,16H2. The summed E-state index contributed by atoms with van der Waals surface area (Å²) in [6.45, 7) is 0.530. The third kappa shape index (κ3) is 2.80. The topological polar surface area (TPSA) is 74.2 Å². The van der Waals surface area contributed by atoms with E-state index in [2.05, 4.69) is 10.1 Å². The van der Waals surface area contributed by atoms with Crippen molar-refractivity contribution in [3.63, 3.8) is 0 Å². The summed E-state index contributed by atoms with van der Waals surface area (Å²) in [6.07, 6.45) is 2.75. The van der Waals surface area contributed by atoms with E-state index >= 15 is 0 Å². The Labute approximate surface area is 115 Å². The molecule has 1 aromatic carbocycles. The van der Waals surface area contributed by atoms with E-state index in [1.807, 2.05) is 0 Å². The molecule has 1 fully saturated rings. The Bertz CT molecular complexity index is 596. The van der Waals surface area contributed by atoms with E-state index in [1.54, 1.807) is 12.1 Å². The molecule has 0 radical (unpaired) electrons. The summed E-state index contributed by atoms with van der Waals surface area (Å²) in [5.74, 6) is 1.31. The van der Waals surface area contributed by atoms with Gasteiger partial charge in [0.05, 0.1) is 0 Å². The van der Waals surface area contributed by atoms with Gasteiger partial charge in [-0.15, -0.1) is 0 Å². The summed E-state index contributed by atoms with van der Waals surface area (Å²) in [6, 6.07) is 4.81. The van der Waals surface area contributed by atoms with Crippen LogP contribution < -0.4 is 10.5 Å². The Balaban J connectivity index is 1.70. The lowest BCUT2D eigenvalue weighted by molar-refractivity contribution is 0.269. The maximum Gasteiger partial charge on any atom is 0.229 e. The number of para-hydroxylation sites is 1. The fraction of sp³-hybridized carbons (Fsp3) is 0.429. The Kier molecular flexibility index (Phi) is 3.64. The zero-order chi connectivity index (χ0) is 13.9. The summed E-state index contributed by atoms with van der Waals surface area (Å²) < 4.78 is 24.4. The largest absolute Gasteiger partial charge is 0.482 e. The van der Waals surface area contributed by atoms with Crippen molar-refractivity contribution >= 4 is 0 Å². The molecule has 5 nitrogen and oxygen atoms in total. The second-order valence-corrected chi connectivity index (χ2v) is 4.88. The monoisotopic (exact) mass is 277 g/mol. The third-order valence-corrected chi connectivity index (χ3v) is 3.22. The van der Waals surface area contributed by atoms with Gasteiger partial charge in [-0.2, -0.15) is 4.98 Å². The van der Waals surface area contributed by atoms with E-state index in [4.69, 9.17) is 15.0 Å². The summed E-state index contributed by atoms with van der Waals surface area (Å²) in [7, 11) is 0. The molecule has 1 heterocycles. The molecule has 0 spiro atoms. The van der Waals surface area contributed by atoms with E-state index in [1.165, 1.54) is 6.07 Å². The molecule has 0 unspecified atom stereocenters. The first-order valence-corrected chi connectivity index (χ1v) is 6.70. The number of nitrogens with two attached hydrogens (primary N) is 1. The Morgan fingerprint density at radius 3 is 3.00 bits per heavy atom. The van der Waals surface area contributed by atoms with Gasteiger partial charge in [-0.3, -0.25) is 0 Å². The molecule has 0 saturated heterocycles. The molecule has 20 heavy (non-hydrogen) atoms. The lowest BCUT2D eigenvalue weighted by Gasteiger charge is -2.10. The molecule has 0 atom stereocenters. The molecule has 1 aliphatic rings. The molecule has 2 aromatic rings. The molecule has 1 saturated carbocycles. The highest BCUT2D eigenvalue weighted by Gasteiger charge is 2.29. The highest BCUT2D eigenvalue weighted by Crippen LogP contribution is 2.38. The van der Waals surface area contributed by atoms with Crippen molar-refractivity contribution in [2.75, 3.05) is 6.54 Å². The van der Waals surface area contributed by atoms with Crippen LogP contribution in [0.3, 0.4) is 0 Å². The first-order chi connectivity index (χ1) is 9.78. The van der Waals surface area contributed by atoms with Gasteiger partial charge in [-0.1, -0.05) is 17.3 Å². The van der Waals surface area contributed by atoms with Crippen molar-refractivity contribution in [2.24, 2.45) is 5.73 Å². The molecule has 1 aliphatic carbocycles. The number of hydrogen-bond acceptors (Lipinski definition) is 5. The SMILES string of the molecule is NCCc1cccc(F)c1OCc1noc(C2CC2)n1. The maximum atomic E-state index is 13.8. The predicted molar refractivity (Wildman–Crippen MR) is 69.8 cm³/mol. The van der Waals surface area contributed by atoms with Crippen LogP contribution in [0.4, 0.5) is 4.39 Å². The number of hydrogen-bond donors (Lipinski definition) is 1. The molecular formula is C14H16FN3O2. The quantitative estimate of drug-likeness (QED) is 0.875. The second-order valence-electron chi connectivity index (χ2n) is 4.88. The maximum absolute atomic E-state index is 13.8. The van der Waals surface area contributed by atoms with Gasteiger partial charge in [-0.25, -0.2) is 4.39 Å². The molecule has 1 aromatic heterocycles. The van der Waals surface area contributed by atoms with Crippen LogP contribution in [0.1, 0.15) is 36.0 Å².